The van der Waals surface area contributed by atoms with E-state index in [1.807, 2.05) is 29.7 Å². The number of rotatable bonds is 3. The lowest BCUT2D eigenvalue weighted by Crippen LogP contribution is -2.22. The van der Waals surface area contributed by atoms with Crippen molar-refractivity contribution >= 4 is 11.6 Å². The maximum absolute atomic E-state index is 6.05. The minimum Gasteiger partial charge on any atom is -0.488 e. The molecule has 1 aliphatic rings. The van der Waals surface area contributed by atoms with E-state index in [1.54, 1.807) is 0 Å². The van der Waals surface area contributed by atoms with E-state index < -0.39 is 0 Å². The third kappa shape index (κ3) is 1.97. The highest BCUT2D eigenvalue weighted by Gasteiger charge is 2.24. The molecule has 0 bridgehead atoms. The third-order valence-corrected chi connectivity index (χ3v) is 3.48. The first-order valence-electron chi connectivity index (χ1n) is 6.10. The summed E-state index contributed by atoms with van der Waals surface area (Å²) in [5, 5.41) is 8.39. The molecule has 0 spiro atoms. The SMILES string of the molecule is CCc1nnc(Cl)n1CC1Cc2ccccc2O1. The van der Waals surface area contributed by atoms with E-state index in [0.717, 1.165) is 24.4 Å². The summed E-state index contributed by atoms with van der Waals surface area (Å²) in [6.45, 7) is 2.74. The smallest absolute Gasteiger partial charge is 0.225 e. The molecular weight excluding hydrogens is 250 g/mol. The topological polar surface area (TPSA) is 39.9 Å². The molecule has 4 nitrogen and oxygen atoms in total. The van der Waals surface area contributed by atoms with Crippen LogP contribution in [0.15, 0.2) is 24.3 Å². The molecule has 0 aliphatic carbocycles. The Morgan fingerprint density at radius 1 is 1.39 bits per heavy atom. The average Bonchev–Trinajstić information content (AvgIpc) is 2.94. The molecule has 0 N–H and O–H groups in total. The Balaban J connectivity index is 1.78. The zero-order valence-electron chi connectivity index (χ0n) is 10.1. The molecule has 2 heterocycles. The Labute approximate surface area is 111 Å². The lowest BCUT2D eigenvalue weighted by atomic mass is 10.1. The van der Waals surface area contributed by atoms with Gasteiger partial charge in [-0.3, -0.25) is 4.57 Å². The van der Waals surface area contributed by atoms with Crippen LogP contribution in [0, 0.1) is 0 Å². The number of halogens is 1. The number of ether oxygens (including phenoxy) is 1. The minimum atomic E-state index is 0.112. The summed E-state index contributed by atoms with van der Waals surface area (Å²) in [5.41, 5.74) is 1.25. The van der Waals surface area contributed by atoms with Crippen LogP contribution >= 0.6 is 11.6 Å². The van der Waals surface area contributed by atoms with Crippen LogP contribution < -0.4 is 4.74 Å². The summed E-state index contributed by atoms with van der Waals surface area (Å²) in [6.07, 6.45) is 1.84. The molecule has 1 aromatic heterocycles. The van der Waals surface area contributed by atoms with Gasteiger partial charge in [-0.15, -0.1) is 10.2 Å². The van der Waals surface area contributed by atoms with Gasteiger partial charge < -0.3 is 4.74 Å². The van der Waals surface area contributed by atoms with Crippen molar-refractivity contribution < 1.29 is 4.74 Å². The van der Waals surface area contributed by atoms with Crippen LogP contribution in [-0.4, -0.2) is 20.9 Å². The van der Waals surface area contributed by atoms with Gasteiger partial charge in [0, 0.05) is 12.8 Å². The summed E-state index contributed by atoms with van der Waals surface area (Å²) in [4.78, 5) is 0. The van der Waals surface area contributed by atoms with Crippen molar-refractivity contribution in [3.63, 3.8) is 0 Å². The Bertz CT molecular complexity index is 542. The first kappa shape index (κ1) is 11.5. The van der Waals surface area contributed by atoms with Gasteiger partial charge in [0.15, 0.2) is 0 Å². The summed E-state index contributed by atoms with van der Waals surface area (Å²) in [5.74, 6) is 1.88. The zero-order chi connectivity index (χ0) is 12.5. The third-order valence-electron chi connectivity index (χ3n) is 3.20. The number of benzene rings is 1. The summed E-state index contributed by atoms with van der Waals surface area (Å²) >= 11 is 6.05. The molecule has 0 saturated heterocycles. The predicted molar refractivity (Wildman–Crippen MR) is 69.0 cm³/mol. The van der Waals surface area contributed by atoms with E-state index in [2.05, 4.69) is 16.3 Å². The fourth-order valence-electron chi connectivity index (χ4n) is 2.32. The maximum atomic E-state index is 6.05. The van der Waals surface area contributed by atoms with Gasteiger partial charge in [0.05, 0.1) is 6.54 Å². The quantitative estimate of drug-likeness (QED) is 0.854. The molecule has 1 aromatic carbocycles. The first-order valence-corrected chi connectivity index (χ1v) is 6.48. The fourth-order valence-corrected chi connectivity index (χ4v) is 2.52. The van der Waals surface area contributed by atoms with Crippen molar-refractivity contribution in [3.8, 4) is 5.75 Å². The van der Waals surface area contributed by atoms with Crippen LogP contribution in [0.2, 0.25) is 5.28 Å². The van der Waals surface area contributed by atoms with E-state index in [-0.39, 0.29) is 6.10 Å². The Morgan fingerprint density at radius 2 is 2.22 bits per heavy atom. The van der Waals surface area contributed by atoms with Crippen LogP contribution in [-0.2, 0) is 19.4 Å². The lowest BCUT2D eigenvalue weighted by molar-refractivity contribution is 0.207. The number of para-hydroxylation sites is 1. The minimum absolute atomic E-state index is 0.112. The zero-order valence-corrected chi connectivity index (χ0v) is 10.9. The van der Waals surface area contributed by atoms with Gasteiger partial charge in [-0.1, -0.05) is 25.1 Å². The fraction of sp³-hybridized carbons (Fsp3) is 0.385. The molecule has 5 heteroatoms. The number of fused-ring (bicyclic) bond motifs is 1. The van der Waals surface area contributed by atoms with Crippen LogP contribution in [0.3, 0.4) is 0 Å². The molecule has 1 aliphatic heterocycles. The number of hydrogen-bond acceptors (Lipinski definition) is 3. The molecule has 18 heavy (non-hydrogen) atoms. The van der Waals surface area contributed by atoms with Crippen molar-refractivity contribution in [1.82, 2.24) is 14.8 Å². The number of hydrogen-bond donors (Lipinski definition) is 0. The van der Waals surface area contributed by atoms with Crippen molar-refractivity contribution in [2.45, 2.75) is 32.4 Å². The summed E-state index contributed by atoms with van der Waals surface area (Å²) in [7, 11) is 0. The van der Waals surface area contributed by atoms with Gasteiger partial charge >= 0.3 is 0 Å². The molecule has 0 amide bonds. The molecule has 2 aromatic rings. The Kier molecular flexibility index (Phi) is 2.96. The van der Waals surface area contributed by atoms with E-state index in [1.165, 1.54) is 5.56 Å². The van der Waals surface area contributed by atoms with Gasteiger partial charge in [-0.25, -0.2) is 0 Å². The first-order chi connectivity index (χ1) is 8.78. The highest BCUT2D eigenvalue weighted by atomic mass is 35.5. The predicted octanol–water partition coefficient (Wildman–Crippen LogP) is 2.50. The second kappa shape index (κ2) is 4.61. The van der Waals surface area contributed by atoms with Crippen LogP contribution in [0.4, 0.5) is 0 Å². The Hall–Kier alpha value is -1.55. The van der Waals surface area contributed by atoms with Crippen molar-refractivity contribution in [1.29, 1.82) is 0 Å². The van der Waals surface area contributed by atoms with Gasteiger partial charge in [-0.05, 0) is 23.2 Å². The van der Waals surface area contributed by atoms with Crippen molar-refractivity contribution in [2.75, 3.05) is 0 Å². The van der Waals surface area contributed by atoms with E-state index in [0.29, 0.717) is 11.8 Å². The molecule has 0 fully saturated rings. The van der Waals surface area contributed by atoms with Crippen LogP contribution in [0.5, 0.6) is 5.75 Å². The normalized spacial score (nSPS) is 17.6. The second-order valence-corrected chi connectivity index (χ2v) is 4.74. The average molecular weight is 264 g/mol. The standard InChI is InChI=1S/C13H14ClN3O/c1-2-12-15-16-13(14)17(12)8-10-7-9-5-3-4-6-11(9)18-10/h3-6,10H,2,7-8H2,1H3. The molecule has 3 rings (SSSR count). The molecular formula is C13H14ClN3O. The largest absolute Gasteiger partial charge is 0.488 e. The Morgan fingerprint density at radius 3 is 3.00 bits per heavy atom. The summed E-state index contributed by atoms with van der Waals surface area (Å²) in [6, 6.07) is 8.13. The van der Waals surface area contributed by atoms with Crippen molar-refractivity contribution in [2.24, 2.45) is 0 Å². The molecule has 0 saturated carbocycles. The molecule has 0 radical (unpaired) electrons. The highest BCUT2D eigenvalue weighted by Crippen LogP contribution is 2.29. The number of aryl methyl sites for hydroxylation is 1. The van der Waals surface area contributed by atoms with E-state index >= 15 is 0 Å². The van der Waals surface area contributed by atoms with Crippen LogP contribution in [0.25, 0.3) is 0 Å². The molecule has 94 valence electrons. The van der Waals surface area contributed by atoms with E-state index in [4.69, 9.17) is 16.3 Å². The highest BCUT2D eigenvalue weighted by molar-refractivity contribution is 6.28. The number of aromatic nitrogens is 3. The second-order valence-electron chi connectivity index (χ2n) is 4.40. The van der Waals surface area contributed by atoms with E-state index in [9.17, 15) is 0 Å². The number of nitrogens with zero attached hydrogens (tertiary/aromatic N) is 3. The van der Waals surface area contributed by atoms with Crippen LogP contribution in [0.1, 0.15) is 18.3 Å². The monoisotopic (exact) mass is 263 g/mol. The molecule has 1 unspecified atom stereocenters. The van der Waals surface area contributed by atoms with Gasteiger partial charge in [0.2, 0.25) is 5.28 Å². The lowest BCUT2D eigenvalue weighted by Gasteiger charge is -2.13. The molecule has 1 atom stereocenters. The maximum Gasteiger partial charge on any atom is 0.225 e. The summed E-state index contributed by atoms with van der Waals surface area (Å²) < 4.78 is 7.83. The van der Waals surface area contributed by atoms with Gasteiger partial charge in [-0.2, -0.15) is 0 Å². The van der Waals surface area contributed by atoms with Gasteiger partial charge in [0.1, 0.15) is 17.7 Å². The van der Waals surface area contributed by atoms with Crippen molar-refractivity contribution in [3.05, 3.63) is 40.9 Å². The van der Waals surface area contributed by atoms with Gasteiger partial charge in [0.25, 0.3) is 0 Å².